The number of aromatic nitrogens is 4. The number of anilines is 4. The van der Waals surface area contributed by atoms with E-state index < -0.39 is 24.4 Å². The maximum absolute atomic E-state index is 14.3. The van der Waals surface area contributed by atoms with E-state index in [2.05, 4.69) is 21.3 Å². The van der Waals surface area contributed by atoms with Crippen molar-refractivity contribution in [2.75, 3.05) is 61.9 Å². The van der Waals surface area contributed by atoms with Crippen LogP contribution < -0.4 is 40.7 Å². The summed E-state index contributed by atoms with van der Waals surface area (Å²) in [5.41, 5.74) is 11.8. The van der Waals surface area contributed by atoms with E-state index in [1.54, 1.807) is 50.6 Å². The molecule has 6 aliphatic heterocycles. The summed E-state index contributed by atoms with van der Waals surface area (Å²) in [5, 5.41) is 12.8. The van der Waals surface area contributed by atoms with Crippen LogP contribution in [0.4, 0.5) is 22.7 Å². The Hall–Kier alpha value is -8.69. The molecular weight excluding hydrogens is 1150 g/mol. The number of aryl methyl sites for hydroxylation is 2. The van der Waals surface area contributed by atoms with E-state index in [1.165, 1.54) is 0 Å². The molecule has 0 aliphatic carbocycles. The van der Waals surface area contributed by atoms with E-state index in [0.717, 1.165) is 47.9 Å². The number of carbonyl (C=O) groups excluding carboxylic acids is 4. The second-order valence-electron chi connectivity index (χ2n) is 22.1. The quantitative estimate of drug-likeness (QED) is 0.0795. The van der Waals surface area contributed by atoms with Crippen molar-refractivity contribution in [3.8, 4) is 56.0 Å². The van der Waals surface area contributed by atoms with Gasteiger partial charge in [0.1, 0.15) is 35.9 Å². The summed E-state index contributed by atoms with van der Waals surface area (Å²) < 4.78 is 35.9. The second kappa shape index (κ2) is 25.3. The van der Waals surface area contributed by atoms with Gasteiger partial charge in [0.15, 0.2) is 0 Å². The van der Waals surface area contributed by atoms with Crippen LogP contribution in [0.15, 0.2) is 97.1 Å². The van der Waals surface area contributed by atoms with Gasteiger partial charge < -0.3 is 59.7 Å². The number of rotatable bonds is 14. The van der Waals surface area contributed by atoms with Crippen LogP contribution in [0.25, 0.3) is 90.9 Å². The number of hydrogen-bond acceptors (Lipinski definition) is 12. The molecule has 4 fully saturated rings. The van der Waals surface area contributed by atoms with Gasteiger partial charge in [-0.3, -0.25) is 19.2 Å². The minimum Gasteiger partial charge on any atom is -0.657 e. The molecule has 9 heterocycles. The summed E-state index contributed by atoms with van der Waals surface area (Å²) in [6, 6.07) is 30.1. The minimum absolute atomic E-state index is 0. The summed E-state index contributed by atoms with van der Waals surface area (Å²) in [7, 11) is 3.25. The van der Waals surface area contributed by atoms with Crippen LogP contribution in [-0.2, 0) is 54.9 Å². The molecule has 0 saturated carbocycles. The third kappa shape index (κ3) is 11.5. The van der Waals surface area contributed by atoms with Crippen LogP contribution in [0.2, 0.25) is 0 Å². The van der Waals surface area contributed by atoms with Crippen LogP contribution in [0.3, 0.4) is 0 Å². The normalized spacial score (nSPS) is 18.5. The predicted molar refractivity (Wildman–Crippen MR) is 332 cm³/mol. The molecule has 4 amide bonds. The largest absolute Gasteiger partial charge is 2.00 e. The molecule has 13 rings (SSSR count). The van der Waals surface area contributed by atoms with Crippen LogP contribution in [0, 0.1) is 13.8 Å². The molecule has 4 N–H and O–H groups in total. The first-order chi connectivity index (χ1) is 42.0. The van der Waals surface area contributed by atoms with Gasteiger partial charge in [-0.05, 0) is 159 Å². The van der Waals surface area contributed by atoms with Gasteiger partial charge in [-0.1, -0.05) is 60.7 Å². The van der Waals surface area contributed by atoms with Gasteiger partial charge in [-0.25, -0.2) is 9.97 Å². The van der Waals surface area contributed by atoms with Crippen molar-refractivity contribution in [2.45, 2.75) is 89.6 Å². The number of methoxy groups -OCH3 is 2. The van der Waals surface area contributed by atoms with E-state index in [1.807, 2.05) is 98.8 Å². The standard InChI is InChI=1S/C68H66N8O10.Co/c1-37-13-5-19-51(81-3)57(37)59-43-25-29-47(69-43)63(61-39(73-65(77)53-21-9-33-83-53)15-7-16-40(61)74-66(78)54-22-10-34-84-54)49-31-27-45(71-49)60(58-38(2)14-6-20-52(58)82-4)46-28-32-50(72-46)64(48-30-26-44(59)70-48)62-41(75-67(79)55-23-11-35-85-55)17-8-18-42(62)76-68(80)56-24-12-36-86-56;/h5-8,13-20,25-32,53-56H,9-12,21-24,33-36H2,1-4H3,(H6,69,70,71,72,73,74,75,76,77,78,79,80);/q;+2/p-2. The third-order valence-corrected chi connectivity index (χ3v) is 16.6. The Labute approximate surface area is 513 Å². The summed E-state index contributed by atoms with van der Waals surface area (Å²) in [6.45, 7) is 5.86. The average molecular weight is 1210 g/mol. The molecule has 3 aromatic heterocycles. The van der Waals surface area contributed by atoms with Crippen LogP contribution >= 0.6 is 0 Å². The zero-order valence-electron chi connectivity index (χ0n) is 48.5. The Morgan fingerprint density at radius 2 is 0.678 bits per heavy atom. The van der Waals surface area contributed by atoms with Gasteiger partial charge in [-0.2, -0.15) is 0 Å². The van der Waals surface area contributed by atoms with E-state index in [4.69, 9.17) is 48.4 Å². The first-order valence-electron chi connectivity index (χ1n) is 29.3. The topological polar surface area (TPSA) is 226 Å². The summed E-state index contributed by atoms with van der Waals surface area (Å²) >= 11 is 0. The molecule has 4 unspecified atom stereocenters. The van der Waals surface area contributed by atoms with Gasteiger partial charge >= 0.3 is 16.8 Å². The number of nitrogens with zero attached hydrogens (tertiary/aromatic N) is 4. The fraction of sp³-hybridized carbons (Fsp3) is 0.294. The molecule has 0 spiro atoms. The number of carbonyl (C=O) groups is 4. The molecule has 8 bridgehead atoms. The number of hydrogen-bond donors (Lipinski definition) is 4. The van der Waals surface area contributed by atoms with Crippen molar-refractivity contribution in [2.24, 2.45) is 0 Å². The number of benzene rings is 4. The Balaban J connectivity index is 0.00000739. The first-order valence-corrected chi connectivity index (χ1v) is 29.3. The number of nitrogens with one attached hydrogen (secondary N) is 4. The van der Waals surface area contributed by atoms with Gasteiger partial charge in [-0.15, -0.1) is 22.1 Å². The summed E-state index contributed by atoms with van der Waals surface area (Å²) in [6.07, 6.45) is 10.1. The van der Waals surface area contributed by atoms with Crippen molar-refractivity contribution >= 4 is 92.7 Å². The molecule has 445 valence electrons. The number of fused-ring (bicyclic) bond motifs is 8. The van der Waals surface area contributed by atoms with Gasteiger partial charge in [0.2, 0.25) is 0 Å². The molecule has 18 nitrogen and oxygen atoms in total. The molecule has 1 radical (unpaired) electrons. The maximum atomic E-state index is 14.3. The predicted octanol–water partition coefficient (Wildman–Crippen LogP) is 11.7. The monoisotopic (exact) mass is 1210 g/mol. The molecule has 6 aliphatic rings. The zero-order chi connectivity index (χ0) is 59.0. The summed E-state index contributed by atoms with van der Waals surface area (Å²) in [4.78, 5) is 79.3. The molecule has 4 aromatic carbocycles. The molecule has 7 aromatic rings. The van der Waals surface area contributed by atoms with Crippen LogP contribution in [-0.4, -0.2) is 98.7 Å². The Kier molecular flexibility index (Phi) is 17.1. The Morgan fingerprint density at radius 3 is 0.943 bits per heavy atom. The van der Waals surface area contributed by atoms with E-state index in [-0.39, 0.29) is 40.4 Å². The Morgan fingerprint density at radius 1 is 0.402 bits per heavy atom. The van der Waals surface area contributed by atoms with Crippen molar-refractivity contribution < 1.29 is 64.4 Å². The fourth-order valence-corrected chi connectivity index (χ4v) is 12.4. The summed E-state index contributed by atoms with van der Waals surface area (Å²) in [5.74, 6) is -0.161. The van der Waals surface area contributed by atoms with Gasteiger partial charge in [0, 0.05) is 48.7 Å². The van der Waals surface area contributed by atoms with Gasteiger partial charge in [0.05, 0.1) is 59.7 Å². The molecule has 4 saturated heterocycles. The second-order valence-corrected chi connectivity index (χ2v) is 22.1. The molecular formula is C68H64CoN8O10. The van der Waals surface area contributed by atoms with Crippen molar-refractivity contribution in [3.05, 3.63) is 131 Å². The molecule has 4 atom stereocenters. The van der Waals surface area contributed by atoms with Crippen LogP contribution in [0.5, 0.6) is 11.5 Å². The molecule has 19 heteroatoms. The van der Waals surface area contributed by atoms with Crippen molar-refractivity contribution in [1.29, 1.82) is 0 Å². The SMILES string of the molecule is COc1cccc(C)c1-c1c2nc(c(-c3c(NC(=O)C4CCCO4)cccc3NC(=O)C3CCCO3)c3ccc([n-]3)c(-c3c(C)cccc3OC)c3nc(c(-c4c(NC(=O)C5CCCO5)cccc4NC(=O)C4CCCO4)c4ccc1[n-]4)C=C3)C=C2.[Co+2]. The van der Waals surface area contributed by atoms with E-state index in [9.17, 15) is 19.2 Å². The zero-order valence-corrected chi connectivity index (χ0v) is 49.6. The number of ether oxygens (including phenoxy) is 6. The first kappa shape index (κ1) is 58.7. The van der Waals surface area contributed by atoms with E-state index in [0.29, 0.717) is 165 Å². The van der Waals surface area contributed by atoms with Crippen molar-refractivity contribution in [1.82, 2.24) is 19.9 Å². The smallest absolute Gasteiger partial charge is 0.657 e. The Bertz CT molecular complexity index is 3750. The average Bonchev–Trinajstić information content (AvgIpc) is 1.99. The van der Waals surface area contributed by atoms with Crippen LogP contribution in [0.1, 0.15) is 85.3 Å². The maximum Gasteiger partial charge on any atom is 2.00 e. The number of amides is 4. The minimum atomic E-state index is -0.679. The molecule has 87 heavy (non-hydrogen) atoms. The van der Waals surface area contributed by atoms with E-state index >= 15 is 0 Å². The fourth-order valence-electron chi connectivity index (χ4n) is 12.4. The van der Waals surface area contributed by atoms with Crippen molar-refractivity contribution in [3.63, 3.8) is 0 Å². The third-order valence-electron chi connectivity index (χ3n) is 16.6. The van der Waals surface area contributed by atoms with Gasteiger partial charge in [0.25, 0.3) is 23.6 Å².